The smallest absolute Gasteiger partial charge is 0.252 e. The highest BCUT2D eigenvalue weighted by molar-refractivity contribution is 7.91. The van der Waals surface area contributed by atoms with Crippen LogP contribution in [0.5, 0.6) is 5.75 Å². The Morgan fingerprint density at radius 2 is 2.17 bits per heavy atom. The molecule has 0 radical (unpaired) electrons. The van der Waals surface area contributed by atoms with Crippen molar-refractivity contribution in [3.8, 4) is 5.75 Å². The maximum atomic E-state index is 12.8. The minimum absolute atomic E-state index is 0.0369. The van der Waals surface area contributed by atoms with Gasteiger partial charge in [0, 0.05) is 12.6 Å². The molecule has 2 heterocycles. The first-order valence-corrected chi connectivity index (χ1v) is 10.0. The number of rotatable bonds is 5. The van der Waals surface area contributed by atoms with Crippen molar-refractivity contribution in [3.05, 3.63) is 46.8 Å². The summed E-state index contributed by atoms with van der Waals surface area (Å²) >= 11 is 1.29. The van der Waals surface area contributed by atoms with Crippen LogP contribution >= 0.6 is 11.3 Å². The Balaban J connectivity index is 1.81. The SMILES string of the molecule is COc1ccc(CC2CCCN2S(=O)(=O)c2cccs2)cc1C. The summed E-state index contributed by atoms with van der Waals surface area (Å²) in [6, 6.07) is 9.59. The lowest BCUT2D eigenvalue weighted by Gasteiger charge is -2.23. The highest BCUT2D eigenvalue weighted by Gasteiger charge is 2.35. The van der Waals surface area contributed by atoms with Crippen molar-refractivity contribution >= 4 is 21.4 Å². The van der Waals surface area contributed by atoms with Crippen molar-refractivity contribution < 1.29 is 13.2 Å². The van der Waals surface area contributed by atoms with Gasteiger partial charge in [0.05, 0.1) is 7.11 Å². The van der Waals surface area contributed by atoms with Gasteiger partial charge in [0.15, 0.2) is 0 Å². The highest BCUT2D eigenvalue weighted by Crippen LogP contribution is 2.30. The average molecular weight is 351 g/mol. The lowest BCUT2D eigenvalue weighted by atomic mass is 10.0. The molecule has 124 valence electrons. The Hall–Kier alpha value is -1.37. The van der Waals surface area contributed by atoms with Crippen molar-refractivity contribution in [3.63, 3.8) is 0 Å². The van der Waals surface area contributed by atoms with Crippen LogP contribution in [0.15, 0.2) is 39.9 Å². The average Bonchev–Trinajstić information content (AvgIpc) is 3.19. The molecule has 1 unspecified atom stereocenters. The molecule has 0 amide bonds. The van der Waals surface area contributed by atoms with Crippen LogP contribution in [0.4, 0.5) is 0 Å². The van der Waals surface area contributed by atoms with E-state index < -0.39 is 10.0 Å². The van der Waals surface area contributed by atoms with E-state index in [4.69, 9.17) is 4.74 Å². The number of methoxy groups -OCH3 is 1. The van der Waals surface area contributed by atoms with E-state index in [1.807, 2.05) is 24.4 Å². The first kappa shape index (κ1) is 16.5. The molecule has 1 aliphatic rings. The van der Waals surface area contributed by atoms with Gasteiger partial charge < -0.3 is 4.74 Å². The maximum absolute atomic E-state index is 12.8. The van der Waals surface area contributed by atoms with Crippen molar-refractivity contribution in [1.29, 1.82) is 0 Å². The van der Waals surface area contributed by atoms with Crippen molar-refractivity contribution in [1.82, 2.24) is 4.31 Å². The number of aryl methyl sites for hydroxylation is 1. The zero-order chi connectivity index (χ0) is 16.4. The van der Waals surface area contributed by atoms with Crippen molar-refractivity contribution in [2.75, 3.05) is 13.7 Å². The van der Waals surface area contributed by atoms with E-state index in [1.54, 1.807) is 23.5 Å². The van der Waals surface area contributed by atoms with Gasteiger partial charge in [0.1, 0.15) is 9.96 Å². The summed E-state index contributed by atoms with van der Waals surface area (Å²) in [5.74, 6) is 0.864. The summed E-state index contributed by atoms with van der Waals surface area (Å²) in [6.45, 7) is 2.62. The number of thiophene rings is 1. The van der Waals surface area contributed by atoms with Gasteiger partial charge in [-0.25, -0.2) is 8.42 Å². The second-order valence-corrected chi connectivity index (χ2v) is 8.92. The first-order chi connectivity index (χ1) is 11.0. The normalized spacial score (nSPS) is 19.1. The molecule has 1 aromatic heterocycles. The highest BCUT2D eigenvalue weighted by atomic mass is 32.2. The number of benzene rings is 1. The van der Waals surface area contributed by atoms with Crippen LogP contribution < -0.4 is 4.74 Å². The predicted octanol–water partition coefficient (Wildman–Crippen LogP) is 3.46. The zero-order valence-corrected chi connectivity index (χ0v) is 15.0. The molecule has 6 heteroatoms. The van der Waals surface area contributed by atoms with Crippen LogP contribution in [0.2, 0.25) is 0 Å². The molecule has 1 fully saturated rings. The van der Waals surface area contributed by atoms with Crippen LogP contribution in [0.1, 0.15) is 24.0 Å². The number of sulfonamides is 1. The predicted molar refractivity (Wildman–Crippen MR) is 92.7 cm³/mol. The molecule has 1 aliphatic heterocycles. The number of hydrogen-bond acceptors (Lipinski definition) is 4. The molecular formula is C17H21NO3S2. The molecule has 0 N–H and O–H groups in total. The van der Waals surface area contributed by atoms with Gasteiger partial charge in [-0.1, -0.05) is 18.2 Å². The van der Waals surface area contributed by atoms with E-state index in [-0.39, 0.29) is 6.04 Å². The van der Waals surface area contributed by atoms with Gasteiger partial charge in [-0.3, -0.25) is 0 Å². The largest absolute Gasteiger partial charge is 0.496 e. The molecule has 0 bridgehead atoms. The quantitative estimate of drug-likeness (QED) is 0.829. The Morgan fingerprint density at radius 3 is 2.83 bits per heavy atom. The molecule has 2 aromatic rings. The van der Waals surface area contributed by atoms with Crippen molar-refractivity contribution in [2.45, 2.75) is 36.4 Å². The molecule has 0 spiro atoms. The Kier molecular flexibility index (Phi) is 4.75. The minimum Gasteiger partial charge on any atom is -0.496 e. The van der Waals surface area contributed by atoms with E-state index in [2.05, 4.69) is 6.07 Å². The van der Waals surface area contributed by atoms with Crippen LogP contribution in [0, 0.1) is 6.92 Å². The topological polar surface area (TPSA) is 46.6 Å². The molecule has 1 aromatic carbocycles. The van der Waals surface area contributed by atoms with Crippen LogP contribution in [0.25, 0.3) is 0 Å². The number of ether oxygens (including phenoxy) is 1. The third-order valence-electron chi connectivity index (χ3n) is 4.31. The van der Waals surface area contributed by atoms with E-state index in [0.29, 0.717) is 10.8 Å². The van der Waals surface area contributed by atoms with Crippen LogP contribution in [0.3, 0.4) is 0 Å². The molecule has 0 saturated carbocycles. The Bertz CT molecular complexity index is 769. The van der Waals surface area contributed by atoms with Gasteiger partial charge in [-0.15, -0.1) is 11.3 Å². The van der Waals surface area contributed by atoms with E-state index in [0.717, 1.165) is 36.1 Å². The van der Waals surface area contributed by atoms with E-state index in [9.17, 15) is 8.42 Å². The lowest BCUT2D eigenvalue weighted by Crippen LogP contribution is -2.36. The van der Waals surface area contributed by atoms with Gasteiger partial charge in [-0.2, -0.15) is 4.31 Å². The zero-order valence-electron chi connectivity index (χ0n) is 13.4. The summed E-state index contributed by atoms with van der Waals surface area (Å²) < 4.78 is 33.0. The summed E-state index contributed by atoms with van der Waals surface area (Å²) in [6.07, 6.45) is 2.58. The number of nitrogens with zero attached hydrogens (tertiary/aromatic N) is 1. The fourth-order valence-electron chi connectivity index (χ4n) is 3.20. The Morgan fingerprint density at radius 1 is 1.35 bits per heavy atom. The van der Waals surface area contributed by atoms with E-state index in [1.165, 1.54) is 11.3 Å². The number of hydrogen-bond donors (Lipinski definition) is 0. The second kappa shape index (κ2) is 6.63. The summed E-state index contributed by atoms with van der Waals surface area (Å²) in [7, 11) is -1.70. The first-order valence-electron chi connectivity index (χ1n) is 7.71. The lowest BCUT2D eigenvalue weighted by molar-refractivity contribution is 0.386. The van der Waals surface area contributed by atoms with Crippen molar-refractivity contribution in [2.24, 2.45) is 0 Å². The molecule has 4 nitrogen and oxygen atoms in total. The molecule has 0 aliphatic carbocycles. The van der Waals surface area contributed by atoms with Gasteiger partial charge >= 0.3 is 0 Å². The Labute approximate surface area is 141 Å². The molecule has 1 atom stereocenters. The molecular weight excluding hydrogens is 330 g/mol. The molecule has 3 rings (SSSR count). The van der Waals surface area contributed by atoms with Gasteiger partial charge in [-0.05, 0) is 54.8 Å². The fourth-order valence-corrected chi connectivity index (χ4v) is 6.01. The van der Waals surface area contributed by atoms with Crippen LogP contribution in [-0.2, 0) is 16.4 Å². The standard InChI is InChI=1S/C17H21NO3S2/c1-13-11-14(7-8-16(13)21-2)12-15-5-3-9-18(15)23(19,20)17-6-4-10-22-17/h4,6-8,10-11,15H,3,5,9,12H2,1-2H3. The van der Waals surface area contributed by atoms with Gasteiger partial charge in [0.25, 0.3) is 10.0 Å². The summed E-state index contributed by atoms with van der Waals surface area (Å²) in [4.78, 5) is 0. The molecule has 23 heavy (non-hydrogen) atoms. The summed E-state index contributed by atoms with van der Waals surface area (Å²) in [5.41, 5.74) is 2.23. The van der Waals surface area contributed by atoms with E-state index >= 15 is 0 Å². The van der Waals surface area contributed by atoms with Gasteiger partial charge in [0.2, 0.25) is 0 Å². The summed E-state index contributed by atoms with van der Waals surface area (Å²) in [5, 5.41) is 1.81. The maximum Gasteiger partial charge on any atom is 0.252 e. The monoisotopic (exact) mass is 351 g/mol. The second-order valence-electron chi connectivity index (χ2n) is 5.85. The molecule has 1 saturated heterocycles. The third kappa shape index (κ3) is 3.29. The van der Waals surface area contributed by atoms with Crippen LogP contribution in [-0.4, -0.2) is 32.4 Å². The third-order valence-corrected chi connectivity index (χ3v) is 7.64. The minimum atomic E-state index is -3.36. The fraction of sp³-hybridized carbons (Fsp3) is 0.412.